The Morgan fingerprint density at radius 3 is 2.41 bits per heavy atom. The van der Waals surface area contributed by atoms with E-state index in [1.165, 1.54) is 24.4 Å². The highest BCUT2D eigenvalue weighted by Gasteiger charge is 2.33. The Hall–Kier alpha value is -3.99. The van der Waals surface area contributed by atoms with Crippen LogP contribution in [0.2, 0.25) is 0 Å². The van der Waals surface area contributed by atoms with E-state index in [2.05, 4.69) is 16.8 Å². The number of carbonyl (C=O) groups is 1. The summed E-state index contributed by atoms with van der Waals surface area (Å²) in [4.78, 5) is 15.6. The van der Waals surface area contributed by atoms with E-state index in [0.717, 1.165) is 18.6 Å². The molecule has 0 bridgehead atoms. The molecule has 0 aliphatic carbocycles. The van der Waals surface area contributed by atoms with Gasteiger partial charge in [-0.05, 0) is 54.4 Å². The molecule has 3 aromatic rings. The number of carboxylic acid groups (broad SMARTS) is 1. The van der Waals surface area contributed by atoms with Gasteiger partial charge in [0.25, 0.3) is 0 Å². The van der Waals surface area contributed by atoms with Gasteiger partial charge < -0.3 is 14.9 Å². The van der Waals surface area contributed by atoms with Gasteiger partial charge in [0.05, 0.1) is 17.7 Å². The van der Waals surface area contributed by atoms with Crippen molar-refractivity contribution in [3.05, 3.63) is 77.0 Å². The molecule has 0 saturated heterocycles. The number of rotatable bonds is 5. The molecule has 2 N–H and O–H groups in total. The Morgan fingerprint density at radius 1 is 1.06 bits per heavy atom. The van der Waals surface area contributed by atoms with Gasteiger partial charge in [0.1, 0.15) is 5.75 Å². The number of aromatic nitrogens is 1. The van der Waals surface area contributed by atoms with Gasteiger partial charge in [0, 0.05) is 29.0 Å². The van der Waals surface area contributed by atoms with Crippen LogP contribution < -0.4 is 4.74 Å². The summed E-state index contributed by atoms with van der Waals surface area (Å²) in [6.07, 6.45) is -2.41. The van der Waals surface area contributed by atoms with Crippen LogP contribution in [0.5, 0.6) is 11.6 Å². The molecular formula is C24H18F3NO4. The average molecular weight is 441 g/mol. The second-order valence-electron chi connectivity index (χ2n) is 6.78. The van der Waals surface area contributed by atoms with Gasteiger partial charge in [-0.3, -0.25) is 0 Å². The highest BCUT2D eigenvalue weighted by atomic mass is 19.4. The van der Waals surface area contributed by atoms with Crippen LogP contribution in [0.25, 0.3) is 11.1 Å². The van der Waals surface area contributed by atoms with Crippen LogP contribution in [0.4, 0.5) is 13.2 Å². The number of phenolic OH excluding ortho intramolecular Hbond substituents is 1. The number of hydrogen-bond acceptors (Lipinski definition) is 4. The predicted molar refractivity (Wildman–Crippen MR) is 112 cm³/mol. The highest BCUT2D eigenvalue weighted by Crippen LogP contribution is 2.34. The smallest absolute Gasteiger partial charge is 0.417 e. The summed E-state index contributed by atoms with van der Waals surface area (Å²) in [6.45, 7) is 2.45. The monoisotopic (exact) mass is 441 g/mol. The molecule has 0 radical (unpaired) electrons. The van der Waals surface area contributed by atoms with Gasteiger partial charge in [-0.1, -0.05) is 18.8 Å². The maximum atomic E-state index is 13.3. The topological polar surface area (TPSA) is 79.7 Å². The average Bonchev–Trinajstić information content (AvgIpc) is 2.76. The molecule has 0 aliphatic heterocycles. The normalized spacial score (nSPS) is 10.9. The third kappa shape index (κ3) is 5.38. The van der Waals surface area contributed by atoms with Gasteiger partial charge >= 0.3 is 12.1 Å². The molecule has 0 unspecified atom stereocenters. The Balaban J connectivity index is 2.07. The van der Waals surface area contributed by atoms with Crippen LogP contribution in [-0.4, -0.2) is 27.8 Å². The Bertz CT molecular complexity index is 1190. The number of benzene rings is 2. The lowest BCUT2D eigenvalue weighted by Crippen LogP contribution is -2.07. The van der Waals surface area contributed by atoms with Gasteiger partial charge in [0.15, 0.2) is 0 Å². The standard InChI is InChI=1S/C24H18F3NO4/c1-2-11-32-22-10-8-18(14-28-22)20-12-17(23(30)31)6-4-15(20)3-5-16-7-9-19(29)13-21(16)24(25,26)27/h4,6-10,12-14,29H,2,11H2,1H3,(H,30,31). The largest absolute Gasteiger partial charge is 0.508 e. The lowest BCUT2D eigenvalue weighted by Gasteiger charge is -2.10. The van der Waals surface area contributed by atoms with E-state index in [-0.39, 0.29) is 11.1 Å². The van der Waals surface area contributed by atoms with Crippen molar-refractivity contribution in [1.29, 1.82) is 0 Å². The van der Waals surface area contributed by atoms with Crippen molar-refractivity contribution in [2.75, 3.05) is 6.61 Å². The second-order valence-corrected chi connectivity index (χ2v) is 6.78. The first-order valence-electron chi connectivity index (χ1n) is 9.58. The minimum absolute atomic E-state index is 0.00234. The van der Waals surface area contributed by atoms with E-state index < -0.39 is 23.5 Å². The summed E-state index contributed by atoms with van der Waals surface area (Å²) in [5.74, 6) is 3.90. The molecule has 0 spiro atoms. The lowest BCUT2D eigenvalue weighted by atomic mass is 9.98. The molecule has 0 fully saturated rings. The number of pyridine rings is 1. The number of nitrogens with zero attached hydrogens (tertiary/aromatic N) is 1. The molecule has 32 heavy (non-hydrogen) atoms. The van der Waals surface area contributed by atoms with Crippen LogP contribution in [-0.2, 0) is 6.18 Å². The van der Waals surface area contributed by atoms with Crippen LogP contribution in [0.1, 0.15) is 40.4 Å². The molecule has 0 aliphatic rings. The molecule has 2 aromatic carbocycles. The van der Waals surface area contributed by atoms with Crippen molar-refractivity contribution >= 4 is 5.97 Å². The van der Waals surface area contributed by atoms with Gasteiger partial charge in [-0.25, -0.2) is 9.78 Å². The SMILES string of the molecule is CCCOc1ccc(-c2cc(C(=O)O)ccc2C#Cc2ccc(O)cc2C(F)(F)F)cn1. The molecule has 8 heteroatoms. The fourth-order valence-electron chi connectivity index (χ4n) is 2.87. The number of halogens is 3. The van der Waals surface area contributed by atoms with Gasteiger partial charge in [0.2, 0.25) is 5.88 Å². The second kappa shape index (κ2) is 9.43. The first-order chi connectivity index (χ1) is 15.2. The van der Waals surface area contributed by atoms with Crippen molar-refractivity contribution < 1.29 is 32.9 Å². The number of ether oxygens (including phenoxy) is 1. The molecule has 1 aromatic heterocycles. The molecular weight excluding hydrogens is 423 g/mol. The summed E-state index contributed by atoms with van der Waals surface area (Å²) >= 11 is 0. The van der Waals surface area contributed by atoms with Crippen LogP contribution in [0.3, 0.4) is 0 Å². The number of hydrogen-bond donors (Lipinski definition) is 2. The fourth-order valence-corrected chi connectivity index (χ4v) is 2.87. The first kappa shape index (κ1) is 22.7. The van der Waals surface area contributed by atoms with Crippen molar-refractivity contribution in [3.63, 3.8) is 0 Å². The van der Waals surface area contributed by atoms with Crippen LogP contribution in [0.15, 0.2) is 54.7 Å². The molecule has 5 nitrogen and oxygen atoms in total. The third-order valence-corrected chi connectivity index (χ3v) is 4.41. The lowest BCUT2D eigenvalue weighted by molar-refractivity contribution is -0.137. The van der Waals surface area contributed by atoms with E-state index in [1.807, 2.05) is 6.92 Å². The third-order valence-electron chi connectivity index (χ3n) is 4.41. The maximum absolute atomic E-state index is 13.3. The zero-order valence-electron chi connectivity index (χ0n) is 16.9. The maximum Gasteiger partial charge on any atom is 0.417 e. The van der Waals surface area contributed by atoms with Crippen LogP contribution >= 0.6 is 0 Å². The molecule has 0 atom stereocenters. The fraction of sp³-hybridized carbons (Fsp3) is 0.167. The Morgan fingerprint density at radius 2 is 1.78 bits per heavy atom. The zero-order chi connectivity index (χ0) is 23.3. The van der Waals surface area contributed by atoms with E-state index in [1.54, 1.807) is 12.1 Å². The Kier molecular flexibility index (Phi) is 6.69. The Labute approximate surface area is 182 Å². The minimum Gasteiger partial charge on any atom is -0.508 e. The van der Waals surface area contributed by atoms with E-state index >= 15 is 0 Å². The van der Waals surface area contributed by atoms with E-state index in [9.17, 15) is 28.2 Å². The van der Waals surface area contributed by atoms with Crippen molar-refractivity contribution in [2.45, 2.75) is 19.5 Å². The number of carboxylic acids is 1. The van der Waals surface area contributed by atoms with Gasteiger partial charge in [-0.15, -0.1) is 0 Å². The summed E-state index contributed by atoms with van der Waals surface area (Å²) in [7, 11) is 0. The zero-order valence-corrected chi connectivity index (χ0v) is 16.9. The summed E-state index contributed by atoms with van der Waals surface area (Å²) in [5, 5.41) is 18.7. The summed E-state index contributed by atoms with van der Waals surface area (Å²) in [6, 6.07) is 10.2. The summed E-state index contributed by atoms with van der Waals surface area (Å²) in [5.41, 5.74) is -0.127. The molecule has 1 heterocycles. The first-order valence-corrected chi connectivity index (χ1v) is 9.58. The van der Waals surface area contributed by atoms with Gasteiger partial charge in [-0.2, -0.15) is 13.2 Å². The van der Waals surface area contributed by atoms with Crippen molar-refractivity contribution in [2.24, 2.45) is 0 Å². The van der Waals surface area contributed by atoms with E-state index in [0.29, 0.717) is 35.2 Å². The highest BCUT2D eigenvalue weighted by molar-refractivity contribution is 5.90. The molecule has 0 amide bonds. The minimum atomic E-state index is -4.70. The predicted octanol–water partition coefficient (Wildman–Crippen LogP) is 5.36. The number of aromatic carboxylic acids is 1. The van der Waals surface area contributed by atoms with Crippen molar-refractivity contribution in [3.8, 4) is 34.6 Å². The van der Waals surface area contributed by atoms with E-state index in [4.69, 9.17) is 4.74 Å². The molecule has 0 saturated carbocycles. The summed E-state index contributed by atoms with van der Waals surface area (Å²) < 4.78 is 45.3. The number of phenols is 1. The van der Waals surface area contributed by atoms with Crippen LogP contribution in [0, 0.1) is 11.8 Å². The van der Waals surface area contributed by atoms with Crippen molar-refractivity contribution in [1.82, 2.24) is 4.98 Å². The molecule has 3 rings (SSSR count). The molecule has 164 valence electrons. The number of aromatic hydroxyl groups is 1. The number of alkyl halides is 3. The quantitative estimate of drug-likeness (QED) is 0.521.